The highest BCUT2D eigenvalue weighted by Crippen LogP contribution is 2.11. The number of hydrogen-bond acceptors (Lipinski definition) is 2. The maximum Gasteiger partial charge on any atom is 0.251 e. The number of rotatable bonds is 5. The number of guanidine groups is 1. The van der Waals surface area contributed by atoms with Gasteiger partial charge in [-0.2, -0.15) is 0 Å². The first kappa shape index (κ1) is 22.2. The van der Waals surface area contributed by atoms with Crippen molar-refractivity contribution in [2.45, 2.75) is 33.2 Å². The fourth-order valence-electron chi connectivity index (χ4n) is 1.73. The van der Waals surface area contributed by atoms with Gasteiger partial charge in [-0.15, -0.1) is 24.0 Å². The lowest BCUT2D eigenvalue weighted by Crippen LogP contribution is -2.47. The lowest BCUT2D eigenvalue weighted by molar-refractivity contribution is 0.0954. The van der Waals surface area contributed by atoms with Crippen LogP contribution in [0.4, 0.5) is 0 Å². The number of hydrogen-bond donors (Lipinski definition) is 3. The normalized spacial score (nSPS) is 11.4. The van der Waals surface area contributed by atoms with Crippen LogP contribution in [-0.2, 0) is 0 Å². The Balaban J connectivity index is 0.00000484. The summed E-state index contributed by atoms with van der Waals surface area (Å²) in [6.07, 6.45) is 0. The van der Waals surface area contributed by atoms with Gasteiger partial charge in [0.15, 0.2) is 5.96 Å². The van der Waals surface area contributed by atoms with Crippen molar-refractivity contribution in [2.75, 3.05) is 19.6 Å². The van der Waals surface area contributed by atoms with E-state index in [0.29, 0.717) is 18.7 Å². The Morgan fingerprint density at radius 3 is 2.52 bits per heavy atom. The molecule has 0 aromatic heterocycles. The predicted molar refractivity (Wildman–Crippen MR) is 111 cm³/mol. The SMILES string of the molecule is CCNC(=NCCNC(=O)c1cccc(Br)c1)NC(C)(C)C.I. The molecule has 0 heterocycles. The van der Waals surface area contributed by atoms with Gasteiger partial charge in [0, 0.05) is 28.7 Å². The first-order valence-corrected chi connectivity index (χ1v) is 8.21. The van der Waals surface area contributed by atoms with E-state index in [9.17, 15) is 4.79 Å². The van der Waals surface area contributed by atoms with Crippen LogP contribution in [0, 0.1) is 0 Å². The zero-order valence-corrected chi connectivity index (χ0v) is 18.0. The minimum Gasteiger partial charge on any atom is -0.357 e. The van der Waals surface area contributed by atoms with Gasteiger partial charge in [-0.05, 0) is 45.9 Å². The molecule has 0 radical (unpaired) electrons. The molecule has 0 aliphatic carbocycles. The maximum absolute atomic E-state index is 12.0. The zero-order chi connectivity index (χ0) is 16.6. The first-order chi connectivity index (χ1) is 10.3. The Morgan fingerprint density at radius 1 is 1.26 bits per heavy atom. The summed E-state index contributed by atoms with van der Waals surface area (Å²) in [5.41, 5.74) is 0.582. The summed E-state index contributed by atoms with van der Waals surface area (Å²) in [6, 6.07) is 7.31. The van der Waals surface area contributed by atoms with Gasteiger partial charge in [-0.1, -0.05) is 22.0 Å². The van der Waals surface area contributed by atoms with E-state index < -0.39 is 0 Å². The molecule has 0 atom stereocenters. The van der Waals surface area contributed by atoms with Gasteiger partial charge < -0.3 is 16.0 Å². The second-order valence-electron chi connectivity index (χ2n) is 5.90. The number of aliphatic imine (C=N–C) groups is 1. The van der Waals surface area contributed by atoms with Gasteiger partial charge in [0.05, 0.1) is 6.54 Å². The molecular weight excluding hydrogens is 471 g/mol. The van der Waals surface area contributed by atoms with Gasteiger partial charge in [0.2, 0.25) is 0 Å². The molecule has 130 valence electrons. The Hall–Kier alpha value is -0.830. The lowest BCUT2D eigenvalue weighted by Gasteiger charge is -2.23. The molecular formula is C16H26BrIN4O. The smallest absolute Gasteiger partial charge is 0.251 e. The molecule has 0 saturated carbocycles. The van der Waals surface area contributed by atoms with Crippen LogP contribution < -0.4 is 16.0 Å². The molecule has 0 aliphatic rings. The molecule has 0 spiro atoms. The lowest BCUT2D eigenvalue weighted by atomic mass is 10.1. The molecule has 3 N–H and O–H groups in total. The third-order valence-electron chi connectivity index (χ3n) is 2.59. The maximum atomic E-state index is 12.0. The molecule has 0 bridgehead atoms. The number of carbonyl (C=O) groups excluding carboxylic acids is 1. The van der Waals surface area contributed by atoms with Crippen molar-refractivity contribution in [3.05, 3.63) is 34.3 Å². The van der Waals surface area contributed by atoms with Gasteiger partial charge in [-0.3, -0.25) is 9.79 Å². The molecule has 7 heteroatoms. The highest BCUT2D eigenvalue weighted by molar-refractivity contribution is 14.0. The van der Waals surface area contributed by atoms with Crippen LogP contribution in [-0.4, -0.2) is 37.0 Å². The van der Waals surface area contributed by atoms with Crippen molar-refractivity contribution < 1.29 is 4.79 Å². The van der Waals surface area contributed by atoms with Crippen LogP contribution in [0.1, 0.15) is 38.1 Å². The summed E-state index contributed by atoms with van der Waals surface area (Å²) in [5, 5.41) is 9.35. The van der Waals surface area contributed by atoms with E-state index in [1.165, 1.54) is 0 Å². The Labute approximate surface area is 164 Å². The monoisotopic (exact) mass is 496 g/mol. The van der Waals surface area contributed by atoms with Gasteiger partial charge in [-0.25, -0.2) is 0 Å². The average Bonchev–Trinajstić information content (AvgIpc) is 2.42. The molecule has 0 unspecified atom stereocenters. The molecule has 1 amide bonds. The van der Waals surface area contributed by atoms with Crippen LogP contribution in [0.3, 0.4) is 0 Å². The van der Waals surface area contributed by atoms with Crippen LogP contribution in [0.15, 0.2) is 33.7 Å². The summed E-state index contributed by atoms with van der Waals surface area (Å²) in [6.45, 7) is 10.1. The zero-order valence-electron chi connectivity index (χ0n) is 14.1. The van der Waals surface area contributed by atoms with Crippen molar-refractivity contribution in [3.8, 4) is 0 Å². The fraction of sp³-hybridized carbons (Fsp3) is 0.500. The summed E-state index contributed by atoms with van der Waals surface area (Å²) in [4.78, 5) is 16.4. The Bertz CT molecular complexity index is 529. The summed E-state index contributed by atoms with van der Waals surface area (Å²) in [7, 11) is 0. The molecule has 0 aliphatic heterocycles. The highest BCUT2D eigenvalue weighted by Gasteiger charge is 2.11. The molecule has 5 nitrogen and oxygen atoms in total. The van der Waals surface area contributed by atoms with Crippen molar-refractivity contribution in [3.63, 3.8) is 0 Å². The Kier molecular flexibility index (Phi) is 10.5. The fourth-order valence-corrected chi connectivity index (χ4v) is 2.13. The van der Waals surface area contributed by atoms with Crippen LogP contribution >= 0.6 is 39.9 Å². The van der Waals surface area contributed by atoms with E-state index >= 15 is 0 Å². The molecule has 1 aromatic rings. The molecule has 1 rings (SSSR count). The minimum atomic E-state index is -0.0923. The predicted octanol–water partition coefficient (Wildman–Crippen LogP) is 3.15. The quantitative estimate of drug-likeness (QED) is 0.254. The topological polar surface area (TPSA) is 65.5 Å². The number of amides is 1. The van der Waals surface area contributed by atoms with Gasteiger partial charge in [0.1, 0.15) is 0 Å². The minimum absolute atomic E-state index is 0. The molecule has 1 aromatic carbocycles. The summed E-state index contributed by atoms with van der Waals surface area (Å²) in [5.74, 6) is 0.664. The van der Waals surface area contributed by atoms with E-state index in [4.69, 9.17) is 0 Å². The van der Waals surface area contributed by atoms with Crippen molar-refractivity contribution in [1.29, 1.82) is 0 Å². The van der Waals surface area contributed by atoms with E-state index in [1.807, 2.05) is 19.1 Å². The summed E-state index contributed by atoms with van der Waals surface area (Å²) < 4.78 is 0.891. The first-order valence-electron chi connectivity index (χ1n) is 7.42. The second-order valence-corrected chi connectivity index (χ2v) is 6.82. The number of nitrogens with one attached hydrogen (secondary N) is 3. The van der Waals surface area contributed by atoms with Crippen molar-refractivity contribution in [2.24, 2.45) is 4.99 Å². The van der Waals surface area contributed by atoms with Gasteiger partial charge >= 0.3 is 0 Å². The third-order valence-corrected chi connectivity index (χ3v) is 3.08. The molecule has 23 heavy (non-hydrogen) atoms. The van der Waals surface area contributed by atoms with Crippen molar-refractivity contribution >= 4 is 51.8 Å². The standard InChI is InChI=1S/C16H25BrN4O.HI/c1-5-18-15(21-16(2,3)4)20-10-9-19-14(22)12-7-6-8-13(17)11-12;/h6-8,11H,5,9-10H2,1-4H3,(H,19,22)(H2,18,20,21);1H. The third kappa shape index (κ3) is 9.80. The number of benzene rings is 1. The number of carbonyl (C=O) groups is 1. The molecule has 0 fully saturated rings. The van der Waals surface area contributed by atoms with E-state index in [-0.39, 0.29) is 35.4 Å². The van der Waals surface area contributed by atoms with Crippen molar-refractivity contribution in [1.82, 2.24) is 16.0 Å². The second kappa shape index (κ2) is 10.9. The van der Waals surface area contributed by atoms with E-state index in [0.717, 1.165) is 17.0 Å². The van der Waals surface area contributed by atoms with Crippen LogP contribution in [0.5, 0.6) is 0 Å². The number of nitrogens with zero attached hydrogens (tertiary/aromatic N) is 1. The largest absolute Gasteiger partial charge is 0.357 e. The number of halogens is 2. The van der Waals surface area contributed by atoms with E-state index in [1.54, 1.807) is 12.1 Å². The molecule has 0 saturated heterocycles. The van der Waals surface area contributed by atoms with E-state index in [2.05, 4.69) is 57.6 Å². The highest BCUT2D eigenvalue weighted by atomic mass is 127. The van der Waals surface area contributed by atoms with Gasteiger partial charge in [0.25, 0.3) is 5.91 Å². The summed E-state index contributed by atoms with van der Waals surface area (Å²) >= 11 is 3.36. The van der Waals surface area contributed by atoms with Crippen LogP contribution in [0.2, 0.25) is 0 Å². The average molecular weight is 497 g/mol. The van der Waals surface area contributed by atoms with Crippen LogP contribution in [0.25, 0.3) is 0 Å². The Morgan fingerprint density at radius 2 is 1.96 bits per heavy atom.